The predicted octanol–water partition coefficient (Wildman–Crippen LogP) is 1.90. The van der Waals surface area contributed by atoms with Crippen LogP contribution in [-0.4, -0.2) is 41.7 Å². The summed E-state index contributed by atoms with van der Waals surface area (Å²) >= 11 is 1.52. The number of carbonyl (C=O) groups excluding carboxylic acids is 4. The Bertz CT molecular complexity index is 735. The highest BCUT2D eigenvalue weighted by molar-refractivity contribution is 7.99. The van der Waals surface area contributed by atoms with Crippen molar-refractivity contribution in [3.8, 4) is 0 Å². The molecule has 4 amide bonds. The van der Waals surface area contributed by atoms with E-state index < -0.39 is 24.0 Å². The Hall–Kier alpha value is -2.55. The lowest BCUT2D eigenvalue weighted by Gasteiger charge is -2.15. The molecule has 0 unspecified atom stereocenters. The van der Waals surface area contributed by atoms with Gasteiger partial charge in [0, 0.05) is 23.1 Å². The van der Waals surface area contributed by atoms with Gasteiger partial charge >= 0.3 is 12.0 Å². The second-order valence-corrected chi connectivity index (χ2v) is 7.16. The Labute approximate surface area is 155 Å². The normalized spacial score (nSPS) is 14.5. The zero-order valence-corrected chi connectivity index (χ0v) is 15.6. The fourth-order valence-corrected chi connectivity index (χ4v) is 3.08. The molecular formula is C17H21N3O5S. The van der Waals surface area contributed by atoms with E-state index >= 15 is 0 Å². The first-order valence-electron chi connectivity index (χ1n) is 8.15. The van der Waals surface area contributed by atoms with E-state index in [-0.39, 0.29) is 17.5 Å². The monoisotopic (exact) mass is 379 g/mol. The number of carbonyl (C=O) groups is 4. The van der Waals surface area contributed by atoms with Crippen LogP contribution in [-0.2, 0) is 14.3 Å². The summed E-state index contributed by atoms with van der Waals surface area (Å²) in [5.41, 5.74) is 0.748. The van der Waals surface area contributed by atoms with Crippen molar-refractivity contribution in [2.24, 2.45) is 0 Å². The van der Waals surface area contributed by atoms with Crippen molar-refractivity contribution in [1.82, 2.24) is 10.6 Å². The average Bonchev–Trinajstić information content (AvgIpc) is 2.73. The highest BCUT2D eigenvalue weighted by atomic mass is 32.2. The number of amides is 4. The van der Waals surface area contributed by atoms with E-state index in [1.807, 2.05) is 0 Å². The highest BCUT2D eigenvalue weighted by Gasteiger charge is 2.22. The number of rotatable bonds is 4. The number of hydrogen-bond donors (Lipinski definition) is 3. The fourth-order valence-electron chi connectivity index (χ4n) is 2.14. The van der Waals surface area contributed by atoms with Crippen molar-refractivity contribution in [3.05, 3.63) is 23.8 Å². The molecular weight excluding hydrogens is 358 g/mol. The zero-order valence-electron chi connectivity index (χ0n) is 14.8. The van der Waals surface area contributed by atoms with Crippen LogP contribution < -0.4 is 16.0 Å². The number of benzene rings is 1. The van der Waals surface area contributed by atoms with Crippen LogP contribution in [0.15, 0.2) is 23.1 Å². The van der Waals surface area contributed by atoms with Gasteiger partial charge in [-0.2, -0.15) is 0 Å². The number of urea groups is 1. The van der Waals surface area contributed by atoms with Crippen LogP contribution in [0.4, 0.5) is 10.5 Å². The van der Waals surface area contributed by atoms with E-state index in [9.17, 15) is 19.2 Å². The van der Waals surface area contributed by atoms with Gasteiger partial charge < -0.3 is 15.4 Å². The summed E-state index contributed by atoms with van der Waals surface area (Å²) in [4.78, 5) is 48.2. The topological polar surface area (TPSA) is 114 Å². The van der Waals surface area contributed by atoms with Gasteiger partial charge in [0.25, 0.3) is 5.91 Å². The summed E-state index contributed by atoms with van der Waals surface area (Å²) < 4.78 is 5.10. The zero-order chi connectivity index (χ0) is 19.3. The summed E-state index contributed by atoms with van der Waals surface area (Å²) in [6.07, 6.45) is -0.752. The third-order valence-corrected chi connectivity index (χ3v) is 4.46. The first-order chi connectivity index (χ1) is 12.3. The minimum atomic E-state index is -1.15. The molecule has 1 heterocycles. The molecule has 0 aliphatic carbocycles. The van der Waals surface area contributed by atoms with Crippen molar-refractivity contribution >= 4 is 41.3 Å². The van der Waals surface area contributed by atoms with Gasteiger partial charge in [0.15, 0.2) is 6.10 Å². The maximum absolute atomic E-state index is 12.3. The number of nitrogens with one attached hydrogen (secondary N) is 3. The smallest absolute Gasteiger partial charge is 0.338 e. The minimum Gasteiger partial charge on any atom is -0.449 e. The molecule has 140 valence electrons. The van der Waals surface area contributed by atoms with E-state index in [4.69, 9.17) is 4.74 Å². The summed E-state index contributed by atoms with van der Waals surface area (Å²) in [5, 5.41) is 7.35. The van der Waals surface area contributed by atoms with Crippen LogP contribution in [0.1, 0.15) is 37.6 Å². The second kappa shape index (κ2) is 8.70. The van der Waals surface area contributed by atoms with Gasteiger partial charge in [-0.15, -0.1) is 11.8 Å². The van der Waals surface area contributed by atoms with E-state index in [0.717, 1.165) is 4.90 Å². The van der Waals surface area contributed by atoms with Gasteiger partial charge in [-0.3, -0.25) is 14.9 Å². The molecule has 0 saturated carbocycles. The van der Waals surface area contributed by atoms with E-state index in [1.54, 1.807) is 26.0 Å². The molecule has 1 aliphatic heterocycles. The van der Waals surface area contributed by atoms with E-state index in [2.05, 4.69) is 16.0 Å². The summed E-state index contributed by atoms with van der Waals surface area (Å²) in [5.74, 6) is -0.901. The number of ether oxygens (including phenoxy) is 1. The molecule has 3 N–H and O–H groups in total. The Morgan fingerprint density at radius 2 is 1.96 bits per heavy atom. The highest BCUT2D eigenvalue weighted by Crippen LogP contribution is 2.31. The van der Waals surface area contributed by atoms with Crippen LogP contribution >= 0.6 is 11.8 Å². The molecule has 0 bridgehead atoms. The molecule has 0 spiro atoms. The Kier molecular flexibility index (Phi) is 6.62. The number of fused-ring (bicyclic) bond motifs is 1. The fraction of sp³-hybridized carbons (Fsp3) is 0.412. The SMILES string of the molecule is CC(C)NC(=O)NC(=O)[C@H](C)OC(=O)c1ccc2c(c1)NC(=O)CCS2. The summed E-state index contributed by atoms with van der Waals surface area (Å²) in [7, 11) is 0. The molecule has 2 rings (SSSR count). The maximum Gasteiger partial charge on any atom is 0.338 e. The number of esters is 1. The van der Waals surface area contributed by atoms with Crippen LogP contribution in [0.5, 0.6) is 0 Å². The van der Waals surface area contributed by atoms with Gasteiger partial charge in [0.1, 0.15) is 0 Å². The van der Waals surface area contributed by atoms with Gasteiger partial charge in [0.05, 0.1) is 11.3 Å². The lowest BCUT2D eigenvalue weighted by atomic mass is 10.2. The number of hydrogen-bond acceptors (Lipinski definition) is 6. The standard InChI is InChI=1S/C17H21N3O5S/c1-9(2)18-17(24)20-15(22)10(3)25-16(23)11-4-5-13-12(8-11)19-14(21)6-7-26-13/h4-5,8-10H,6-7H2,1-3H3,(H,19,21)(H2,18,20,22,24)/t10-/m0/s1. The third kappa shape index (κ3) is 5.48. The number of thioether (sulfide) groups is 1. The molecule has 8 nitrogen and oxygen atoms in total. The summed E-state index contributed by atoms with van der Waals surface area (Å²) in [6.45, 7) is 4.88. The Morgan fingerprint density at radius 3 is 2.65 bits per heavy atom. The van der Waals surface area contributed by atoms with Gasteiger partial charge in [0.2, 0.25) is 5.91 Å². The molecule has 0 saturated heterocycles. The van der Waals surface area contributed by atoms with Crippen LogP contribution in [0, 0.1) is 0 Å². The Balaban J connectivity index is 2.00. The van der Waals surface area contributed by atoms with Crippen LogP contribution in [0.2, 0.25) is 0 Å². The van der Waals surface area contributed by atoms with E-state index in [0.29, 0.717) is 17.9 Å². The average molecular weight is 379 g/mol. The number of imide groups is 1. The molecule has 1 aromatic carbocycles. The molecule has 1 aliphatic rings. The van der Waals surface area contributed by atoms with Crippen molar-refractivity contribution in [3.63, 3.8) is 0 Å². The quantitative estimate of drug-likeness (QED) is 0.689. The first kappa shape index (κ1) is 19.8. The van der Waals surface area contributed by atoms with Crippen LogP contribution in [0.3, 0.4) is 0 Å². The van der Waals surface area contributed by atoms with Crippen molar-refractivity contribution in [1.29, 1.82) is 0 Å². The van der Waals surface area contributed by atoms with Gasteiger partial charge in [-0.25, -0.2) is 9.59 Å². The molecule has 0 fully saturated rings. The summed E-state index contributed by atoms with van der Waals surface area (Å²) in [6, 6.07) is 4.03. The Morgan fingerprint density at radius 1 is 1.23 bits per heavy atom. The third-order valence-electron chi connectivity index (χ3n) is 3.39. The largest absolute Gasteiger partial charge is 0.449 e. The van der Waals surface area contributed by atoms with Crippen molar-refractivity contribution < 1.29 is 23.9 Å². The first-order valence-corrected chi connectivity index (χ1v) is 9.14. The van der Waals surface area contributed by atoms with E-state index in [1.165, 1.54) is 24.8 Å². The van der Waals surface area contributed by atoms with Crippen LogP contribution in [0.25, 0.3) is 0 Å². The van der Waals surface area contributed by atoms with Gasteiger partial charge in [-0.1, -0.05) is 0 Å². The molecule has 1 atom stereocenters. The van der Waals surface area contributed by atoms with Gasteiger partial charge in [-0.05, 0) is 39.0 Å². The predicted molar refractivity (Wildman–Crippen MR) is 97.1 cm³/mol. The second-order valence-electron chi connectivity index (χ2n) is 6.02. The lowest BCUT2D eigenvalue weighted by Crippen LogP contribution is -2.46. The molecule has 0 radical (unpaired) electrons. The molecule has 26 heavy (non-hydrogen) atoms. The maximum atomic E-state index is 12.3. The van der Waals surface area contributed by atoms with Crippen molar-refractivity contribution in [2.45, 2.75) is 44.2 Å². The molecule has 9 heteroatoms. The lowest BCUT2D eigenvalue weighted by molar-refractivity contribution is -0.127. The molecule has 0 aromatic heterocycles. The van der Waals surface area contributed by atoms with Crippen molar-refractivity contribution in [2.75, 3.05) is 11.1 Å². The minimum absolute atomic E-state index is 0.120. The molecule has 1 aromatic rings. The number of anilines is 1.